The molecule has 25 heavy (non-hydrogen) atoms. The summed E-state index contributed by atoms with van der Waals surface area (Å²) in [7, 11) is 0. The Morgan fingerprint density at radius 3 is 2.04 bits per heavy atom. The van der Waals surface area contributed by atoms with E-state index in [4.69, 9.17) is 0 Å². The van der Waals surface area contributed by atoms with Crippen molar-refractivity contribution in [1.82, 2.24) is 0 Å². The first kappa shape index (κ1) is 14.0. The molecule has 0 unspecified atom stereocenters. The topological polar surface area (TPSA) is 29.1 Å². The first-order valence-corrected chi connectivity index (χ1v) is 8.34. The maximum atomic E-state index is 12.5. The first-order valence-electron chi connectivity index (χ1n) is 8.34. The molecule has 0 aliphatic carbocycles. The van der Waals surface area contributed by atoms with Crippen LogP contribution >= 0.6 is 0 Å². The van der Waals surface area contributed by atoms with E-state index in [1.165, 1.54) is 10.8 Å². The Balaban J connectivity index is 1.87. The van der Waals surface area contributed by atoms with E-state index < -0.39 is 0 Å². The van der Waals surface area contributed by atoms with E-state index in [1.807, 2.05) is 54.6 Å². The van der Waals surface area contributed by atoms with E-state index in [0.29, 0.717) is 0 Å². The van der Waals surface area contributed by atoms with E-state index in [-0.39, 0.29) is 5.91 Å². The number of rotatable bonds is 1. The summed E-state index contributed by atoms with van der Waals surface area (Å²) < 4.78 is 0. The number of carbonyl (C=O) groups is 1. The summed E-state index contributed by atoms with van der Waals surface area (Å²) in [5, 5.41) is 7.63. The van der Waals surface area contributed by atoms with Gasteiger partial charge in [-0.15, -0.1) is 0 Å². The molecular formula is C23H15NO. The van der Waals surface area contributed by atoms with Gasteiger partial charge in [-0.3, -0.25) is 4.79 Å². The van der Waals surface area contributed by atoms with Gasteiger partial charge in [0.2, 0.25) is 0 Å². The molecule has 1 N–H and O–H groups in total. The highest BCUT2D eigenvalue weighted by Gasteiger charge is 2.23. The zero-order valence-corrected chi connectivity index (χ0v) is 13.5. The zero-order chi connectivity index (χ0) is 16.8. The van der Waals surface area contributed by atoms with Crippen LogP contribution in [0.5, 0.6) is 0 Å². The summed E-state index contributed by atoms with van der Waals surface area (Å²) in [5.74, 6) is -0.0433. The highest BCUT2D eigenvalue weighted by molar-refractivity contribution is 6.35. The third-order valence-corrected chi connectivity index (χ3v) is 4.81. The minimum atomic E-state index is -0.0433. The molecule has 0 atom stereocenters. The van der Waals surface area contributed by atoms with Gasteiger partial charge in [0.1, 0.15) is 0 Å². The maximum absolute atomic E-state index is 12.5. The Hall–Kier alpha value is -3.39. The average Bonchev–Trinajstić information content (AvgIpc) is 2.97. The second-order valence-corrected chi connectivity index (χ2v) is 6.29. The number of benzene rings is 4. The van der Waals surface area contributed by atoms with Crippen LogP contribution in [0.1, 0.15) is 11.1 Å². The van der Waals surface area contributed by atoms with Gasteiger partial charge in [-0.05, 0) is 45.3 Å². The molecule has 2 heteroatoms. The van der Waals surface area contributed by atoms with Crippen LogP contribution in [0.15, 0.2) is 78.9 Å². The molecule has 5 rings (SSSR count). The molecule has 4 aromatic carbocycles. The quantitative estimate of drug-likeness (QED) is 0.365. The number of para-hydroxylation sites is 1. The smallest absolute Gasteiger partial charge is 0.256 e. The Morgan fingerprint density at radius 2 is 1.32 bits per heavy atom. The monoisotopic (exact) mass is 321 g/mol. The van der Waals surface area contributed by atoms with Gasteiger partial charge in [0.15, 0.2) is 0 Å². The predicted octanol–water partition coefficient (Wildman–Crippen LogP) is 5.49. The molecule has 0 fully saturated rings. The number of hydrogen-bond donors (Lipinski definition) is 1. The molecule has 4 aromatic rings. The van der Waals surface area contributed by atoms with Crippen LogP contribution in [0.2, 0.25) is 0 Å². The van der Waals surface area contributed by atoms with Crippen LogP contribution in [0.4, 0.5) is 5.69 Å². The van der Waals surface area contributed by atoms with Crippen LogP contribution < -0.4 is 5.32 Å². The highest BCUT2D eigenvalue weighted by Crippen LogP contribution is 2.36. The summed E-state index contributed by atoms with van der Waals surface area (Å²) in [5.41, 5.74) is 3.65. The largest absolute Gasteiger partial charge is 0.321 e. The van der Waals surface area contributed by atoms with Gasteiger partial charge >= 0.3 is 0 Å². The van der Waals surface area contributed by atoms with E-state index in [1.54, 1.807) is 0 Å². The standard InChI is InChI=1S/C23H15NO/c25-23-21(19-11-5-6-12-22(19)24-23)14-20-17-9-3-1-7-15(17)13-16-8-2-4-10-18(16)20/h1-14H,(H,24,25). The van der Waals surface area contributed by atoms with E-state index in [9.17, 15) is 4.79 Å². The summed E-state index contributed by atoms with van der Waals surface area (Å²) in [6.45, 7) is 0. The van der Waals surface area contributed by atoms with Gasteiger partial charge in [0.25, 0.3) is 5.91 Å². The fourth-order valence-electron chi connectivity index (χ4n) is 3.63. The summed E-state index contributed by atoms with van der Waals surface area (Å²) in [6, 6.07) is 26.7. The molecule has 0 bridgehead atoms. The summed E-state index contributed by atoms with van der Waals surface area (Å²) >= 11 is 0. The molecule has 2 nitrogen and oxygen atoms in total. The fourth-order valence-corrected chi connectivity index (χ4v) is 3.63. The van der Waals surface area contributed by atoms with Crippen LogP contribution in [0.3, 0.4) is 0 Å². The average molecular weight is 321 g/mol. The molecule has 1 aliphatic heterocycles. The van der Waals surface area contributed by atoms with Crippen LogP contribution in [0.25, 0.3) is 33.2 Å². The third-order valence-electron chi connectivity index (χ3n) is 4.81. The van der Waals surface area contributed by atoms with Crippen molar-refractivity contribution in [1.29, 1.82) is 0 Å². The second-order valence-electron chi connectivity index (χ2n) is 6.29. The fraction of sp³-hybridized carbons (Fsp3) is 0. The van der Waals surface area contributed by atoms with Gasteiger partial charge in [-0.25, -0.2) is 0 Å². The van der Waals surface area contributed by atoms with Crippen LogP contribution in [-0.2, 0) is 4.79 Å². The molecule has 1 amide bonds. The molecule has 0 spiro atoms. The molecule has 1 aliphatic rings. The Kier molecular flexibility index (Phi) is 2.98. The minimum Gasteiger partial charge on any atom is -0.321 e. The van der Waals surface area contributed by atoms with Crippen LogP contribution in [-0.4, -0.2) is 5.91 Å². The predicted molar refractivity (Wildman–Crippen MR) is 104 cm³/mol. The van der Waals surface area contributed by atoms with Crippen molar-refractivity contribution in [3.05, 3.63) is 90.0 Å². The number of nitrogens with one attached hydrogen (secondary N) is 1. The van der Waals surface area contributed by atoms with Crippen molar-refractivity contribution in [2.75, 3.05) is 5.32 Å². The van der Waals surface area contributed by atoms with Gasteiger partial charge < -0.3 is 5.32 Å². The summed E-state index contributed by atoms with van der Waals surface area (Å²) in [6.07, 6.45) is 2.03. The van der Waals surface area contributed by atoms with Crippen LogP contribution in [0, 0.1) is 0 Å². The van der Waals surface area contributed by atoms with Gasteiger partial charge in [0, 0.05) is 16.8 Å². The molecule has 0 aromatic heterocycles. The van der Waals surface area contributed by atoms with Gasteiger partial charge in [-0.2, -0.15) is 0 Å². The van der Waals surface area contributed by atoms with Crippen molar-refractivity contribution >= 4 is 44.8 Å². The Bertz CT molecular complexity index is 1130. The lowest BCUT2D eigenvalue weighted by molar-refractivity contribution is -0.110. The maximum Gasteiger partial charge on any atom is 0.256 e. The Labute approximate surface area is 145 Å². The summed E-state index contributed by atoms with van der Waals surface area (Å²) in [4.78, 5) is 12.5. The second kappa shape index (κ2) is 5.32. The van der Waals surface area contributed by atoms with Crippen molar-refractivity contribution in [2.45, 2.75) is 0 Å². The zero-order valence-electron chi connectivity index (χ0n) is 13.5. The molecule has 0 saturated heterocycles. The van der Waals surface area contributed by atoms with Gasteiger partial charge in [-0.1, -0.05) is 66.7 Å². The molecule has 1 heterocycles. The minimum absolute atomic E-state index is 0.0433. The van der Waals surface area contributed by atoms with E-state index in [2.05, 4.69) is 35.6 Å². The number of fused-ring (bicyclic) bond motifs is 3. The number of amides is 1. The molecule has 0 saturated carbocycles. The van der Waals surface area contributed by atoms with Crippen molar-refractivity contribution in [2.24, 2.45) is 0 Å². The number of anilines is 1. The molecule has 118 valence electrons. The molecular weight excluding hydrogens is 306 g/mol. The van der Waals surface area contributed by atoms with E-state index in [0.717, 1.165) is 33.2 Å². The first-order chi connectivity index (χ1) is 12.3. The van der Waals surface area contributed by atoms with Crippen molar-refractivity contribution in [3.63, 3.8) is 0 Å². The Morgan fingerprint density at radius 1 is 0.720 bits per heavy atom. The normalized spacial score (nSPS) is 14.9. The SMILES string of the molecule is O=C1Nc2ccccc2C1=Cc1c2ccccc2cc2ccccc12. The lowest BCUT2D eigenvalue weighted by Gasteiger charge is -2.09. The van der Waals surface area contributed by atoms with Crippen molar-refractivity contribution < 1.29 is 4.79 Å². The van der Waals surface area contributed by atoms with E-state index >= 15 is 0 Å². The van der Waals surface area contributed by atoms with Crippen molar-refractivity contribution in [3.8, 4) is 0 Å². The third kappa shape index (κ3) is 2.15. The highest BCUT2D eigenvalue weighted by atomic mass is 16.2. The molecule has 0 radical (unpaired) electrons. The lowest BCUT2D eigenvalue weighted by Crippen LogP contribution is -2.03. The number of carbonyl (C=O) groups excluding carboxylic acids is 1. The number of hydrogen-bond acceptors (Lipinski definition) is 1. The van der Waals surface area contributed by atoms with Gasteiger partial charge in [0.05, 0.1) is 0 Å². The lowest BCUT2D eigenvalue weighted by atomic mass is 9.94.